The van der Waals surface area contributed by atoms with Crippen LogP contribution in [0.25, 0.3) is 5.57 Å². The number of hydrogen-bond acceptors (Lipinski definition) is 5. The smallest absolute Gasteiger partial charge is 0.258 e. The van der Waals surface area contributed by atoms with Gasteiger partial charge < -0.3 is 19.6 Å². The molecular formula is C25H28N2O4. The van der Waals surface area contributed by atoms with Gasteiger partial charge >= 0.3 is 0 Å². The zero-order valence-corrected chi connectivity index (χ0v) is 18.1. The largest absolute Gasteiger partial charge is 0.507 e. The Morgan fingerprint density at radius 1 is 1.06 bits per heavy atom. The zero-order chi connectivity index (χ0) is 22.1. The van der Waals surface area contributed by atoms with E-state index < -0.39 is 0 Å². The van der Waals surface area contributed by atoms with Gasteiger partial charge in [0.2, 0.25) is 0 Å². The molecule has 2 aromatic rings. The van der Waals surface area contributed by atoms with Crippen LogP contribution >= 0.6 is 0 Å². The molecule has 1 saturated heterocycles. The molecule has 0 bridgehead atoms. The predicted octanol–water partition coefficient (Wildman–Crippen LogP) is 3.69. The highest BCUT2D eigenvalue weighted by Crippen LogP contribution is 2.32. The van der Waals surface area contributed by atoms with Gasteiger partial charge in [0, 0.05) is 43.9 Å². The molecule has 6 nitrogen and oxygen atoms in total. The molecule has 2 aromatic carbocycles. The molecule has 0 aliphatic carbocycles. The minimum Gasteiger partial charge on any atom is -0.507 e. The number of aromatic hydroxyl groups is 1. The summed E-state index contributed by atoms with van der Waals surface area (Å²) in [7, 11) is 0. The number of benzene rings is 2. The van der Waals surface area contributed by atoms with Crippen molar-refractivity contribution in [3.05, 3.63) is 64.7 Å². The number of fused-ring (bicyclic) bond motifs is 1. The van der Waals surface area contributed by atoms with Crippen LogP contribution in [0, 0.1) is 6.92 Å². The molecule has 2 heterocycles. The van der Waals surface area contributed by atoms with Gasteiger partial charge in [-0.2, -0.15) is 0 Å². The van der Waals surface area contributed by atoms with Crippen LogP contribution in [0.2, 0.25) is 0 Å². The van der Waals surface area contributed by atoms with Crippen LogP contribution in [0.3, 0.4) is 0 Å². The molecule has 2 aliphatic rings. The number of morpholine rings is 1. The quantitative estimate of drug-likeness (QED) is 0.747. The van der Waals surface area contributed by atoms with Gasteiger partial charge in [-0.05, 0) is 53.4 Å². The highest BCUT2D eigenvalue weighted by atomic mass is 16.5. The first-order valence-corrected chi connectivity index (χ1v) is 10.7. The average molecular weight is 421 g/mol. The van der Waals surface area contributed by atoms with E-state index in [1.54, 1.807) is 24.8 Å². The molecule has 4 rings (SSSR count). The number of phenols is 1. The Balaban J connectivity index is 1.57. The van der Waals surface area contributed by atoms with Gasteiger partial charge in [-0.25, -0.2) is 0 Å². The van der Waals surface area contributed by atoms with Gasteiger partial charge in [-0.15, -0.1) is 0 Å². The van der Waals surface area contributed by atoms with Crippen LogP contribution in [-0.2, 0) is 22.6 Å². The van der Waals surface area contributed by atoms with Crippen molar-refractivity contribution in [1.29, 1.82) is 0 Å². The third kappa shape index (κ3) is 4.08. The number of nitrogens with zero attached hydrogens (tertiary/aromatic N) is 2. The van der Waals surface area contributed by atoms with Crippen LogP contribution < -0.4 is 4.90 Å². The average Bonchev–Trinajstić information content (AvgIpc) is 3.22. The van der Waals surface area contributed by atoms with Crippen LogP contribution in [0.1, 0.15) is 46.0 Å². The highest BCUT2D eigenvalue weighted by molar-refractivity contribution is 6.20. The number of ether oxygens (including phenoxy) is 1. The molecule has 0 spiro atoms. The summed E-state index contributed by atoms with van der Waals surface area (Å²) in [5.74, 6) is -0.399. The standard InChI is InChI=1S/C25H28N2O4/c1-4-23(28)17(3)21-13-22(24(29)11-16(21)2)25(30)27-14-18-5-6-20(12-19(18)15-27)26-7-9-31-10-8-26/h5-6,11-13,29H,3-4,7-10,14-15H2,1-2H3. The van der Waals surface area contributed by atoms with E-state index in [2.05, 4.69) is 29.7 Å². The molecule has 1 amide bonds. The normalized spacial score (nSPS) is 15.7. The second-order valence-electron chi connectivity index (χ2n) is 8.15. The number of allylic oxidation sites excluding steroid dienone is 1. The fourth-order valence-corrected chi connectivity index (χ4v) is 4.27. The van der Waals surface area contributed by atoms with Crippen molar-refractivity contribution in [2.24, 2.45) is 0 Å². The fraction of sp³-hybridized carbons (Fsp3) is 0.360. The van der Waals surface area contributed by atoms with Crippen molar-refractivity contribution in [2.45, 2.75) is 33.4 Å². The third-order valence-electron chi connectivity index (χ3n) is 6.13. The monoisotopic (exact) mass is 420 g/mol. The van der Waals surface area contributed by atoms with Crippen LogP contribution in [0.5, 0.6) is 5.75 Å². The molecular weight excluding hydrogens is 392 g/mol. The minimum atomic E-state index is -0.250. The van der Waals surface area contributed by atoms with E-state index in [1.807, 2.05) is 0 Å². The van der Waals surface area contributed by atoms with Crippen molar-refractivity contribution < 1.29 is 19.4 Å². The van der Waals surface area contributed by atoms with E-state index >= 15 is 0 Å². The number of ketones is 1. The second kappa shape index (κ2) is 8.55. The maximum absolute atomic E-state index is 13.3. The first-order chi connectivity index (χ1) is 14.9. The maximum Gasteiger partial charge on any atom is 0.258 e. The number of rotatable bonds is 5. The maximum atomic E-state index is 13.3. The molecule has 6 heteroatoms. The van der Waals surface area contributed by atoms with Crippen molar-refractivity contribution in [2.75, 3.05) is 31.2 Å². The number of anilines is 1. The third-order valence-corrected chi connectivity index (χ3v) is 6.13. The molecule has 0 atom stereocenters. The summed E-state index contributed by atoms with van der Waals surface area (Å²) in [6, 6.07) is 9.47. The first kappa shape index (κ1) is 21.1. The number of carbonyl (C=O) groups is 2. The lowest BCUT2D eigenvalue weighted by atomic mass is 9.94. The molecule has 0 saturated carbocycles. The summed E-state index contributed by atoms with van der Waals surface area (Å²) in [6.07, 6.45) is 0.343. The van der Waals surface area contributed by atoms with E-state index in [9.17, 15) is 14.7 Å². The first-order valence-electron chi connectivity index (χ1n) is 10.7. The SMILES string of the molecule is C=C(C(=O)CC)c1cc(C(=O)N2Cc3ccc(N4CCOCC4)cc3C2)c(O)cc1C. The van der Waals surface area contributed by atoms with Crippen molar-refractivity contribution in [1.82, 2.24) is 4.90 Å². The fourth-order valence-electron chi connectivity index (χ4n) is 4.27. The zero-order valence-electron chi connectivity index (χ0n) is 18.1. The summed E-state index contributed by atoms with van der Waals surface area (Å²) in [6.45, 7) is 11.6. The Labute approximate surface area is 182 Å². The Morgan fingerprint density at radius 2 is 1.77 bits per heavy atom. The van der Waals surface area contributed by atoms with E-state index in [0.717, 1.165) is 48.7 Å². The molecule has 0 aromatic heterocycles. The number of carbonyl (C=O) groups excluding carboxylic acids is 2. The van der Waals surface area contributed by atoms with Crippen molar-refractivity contribution in [3.8, 4) is 5.75 Å². The molecule has 2 aliphatic heterocycles. The summed E-state index contributed by atoms with van der Waals surface area (Å²) < 4.78 is 5.43. The Kier molecular flexibility index (Phi) is 5.83. The Morgan fingerprint density at radius 3 is 2.48 bits per heavy atom. The lowest BCUT2D eigenvalue weighted by Crippen LogP contribution is -2.36. The van der Waals surface area contributed by atoms with Gasteiger partial charge in [0.05, 0.1) is 18.8 Å². The molecule has 162 valence electrons. The highest BCUT2D eigenvalue weighted by Gasteiger charge is 2.28. The summed E-state index contributed by atoms with van der Waals surface area (Å²) >= 11 is 0. The lowest BCUT2D eigenvalue weighted by molar-refractivity contribution is -0.113. The van der Waals surface area contributed by atoms with E-state index in [4.69, 9.17) is 4.74 Å². The molecule has 1 fully saturated rings. The van der Waals surface area contributed by atoms with E-state index in [0.29, 0.717) is 30.6 Å². The van der Waals surface area contributed by atoms with Crippen molar-refractivity contribution >= 4 is 23.0 Å². The number of hydrogen-bond donors (Lipinski definition) is 1. The molecule has 31 heavy (non-hydrogen) atoms. The second-order valence-corrected chi connectivity index (χ2v) is 8.15. The molecule has 0 unspecified atom stereocenters. The van der Waals surface area contributed by atoms with E-state index in [1.165, 1.54) is 6.07 Å². The number of amides is 1. The van der Waals surface area contributed by atoms with E-state index in [-0.39, 0.29) is 23.0 Å². The van der Waals surface area contributed by atoms with Crippen LogP contribution in [-0.4, -0.2) is 48.0 Å². The van der Waals surface area contributed by atoms with Gasteiger partial charge in [-0.3, -0.25) is 9.59 Å². The van der Waals surface area contributed by atoms with Gasteiger partial charge in [0.1, 0.15) is 5.75 Å². The van der Waals surface area contributed by atoms with Gasteiger partial charge in [0.15, 0.2) is 5.78 Å². The number of Topliss-reactive ketones (excluding diaryl/α,β-unsaturated/α-hetero) is 1. The lowest BCUT2D eigenvalue weighted by Gasteiger charge is -2.29. The molecule has 0 radical (unpaired) electrons. The van der Waals surface area contributed by atoms with Crippen molar-refractivity contribution in [3.63, 3.8) is 0 Å². The van der Waals surface area contributed by atoms with Gasteiger partial charge in [-0.1, -0.05) is 19.6 Å². The molecule has 1 N–H and O–H groups in total. The Bertz CT molecular complexity index is 1050. The summed E-state index contributed by atoms with van der Waals surface area (Å²) in [5.41, 5.74) is 5.28. The number of phenolic OH excluding ortho intramolecular Hbond substituents is 1. The summed E-state index contributed by atoms with van der Waals surface area (Å²) in [5, 5.41) is 10.5. The minimum absolute atomic E-state index is 0.0728. The van der Waals surface area contributed by atoms with Crippen LogP contribution in [0.4, 0.5) is 5.69 Å². The predicted molar refractivity (Wildman–Crippen MR) is 120 cm³/mol. The topological polar surface area (TPSA) is 70.1 Å². The van der Waals surface area contributed by atoms with Gasteiger partial charge in [0.25, 0.3) is 5.91 Å². The van der Waals surface area contributed by atoms with Crippen LogP contribution in [0.15, 0.2) is 36.9 Å². The Hall–Kier alpha value is -3.12. The number of aryl methyl sites for hydroxylation is 1. The summed E-state index contributed by atoms with van der Waals surface area (Å²) in [4.78, 5) is 29.4.